The summed E-state index contributed by atoms with van der Waals surface area (Å²) in [7, 11) is 0. The molecule has 0 amide bonds. The Hall–Kier alpha value is -2.18. The number of fused-ring (bicyclic) bond motifs is 2. The molecule has 3 fully saturated rings. The first-order chi connectivity index (χ1) is 13.1. The van der Waals surface area contributed by atoms with Crippen LogP contribution in [-0.2, 0) is 4.74 Å². The average Bonchev–Trinajstić information content (AvgIpc) is 3.07. The van der Waals surface area contributed by atoms with E-state index in [2.05, 4.69) is 20.2 Å². The quantitative estimate of drug-likeness (QED) is 0.852. The largest absolute Gasteiger partial charge is 0.455 e. The van der Waals surface area contributed by atoms with Gasteiger partial charge in [-0.15, -0.1) is 0 Å². The molecule has 140 valence electrons. The number of nitrogens with one attached hydrogen (secondary N) is 1. The molecule has 0 saturated carbocycles. The summed E-state index contributed by atoms with van der Waals surface area (Å²) in [5.74, 6) is 0.792. The Bertz CT molecular complexity index is 913. The highest BCUT2D eigenvalue weighted by atomic mass is 35.5. The van der Waals surface area contributed by atoms with Gasteiger partial charge in [0.05, 0.1) is 11.6 Å². The zero-order valence-electron chi connectivity index (χ0n) is 14.8. The van der Waals surface area contributed by atoms with Crippen molar-refractivity contribution in [1.29, 1.82) is 0 Å². The van der Waals surface area contributed by atoms with Crippen molar-refractivity contribution in [3.8, 4) is 11.1 Å². The standard InChI is InChI=1S/C20H20ClFN4O/c21-16-9-13(1-2-17(16)22)14-3-6-23-18(10-14)25-19-24-11-20(27-19)12-26-7-4-15(20)5-8-26/h1-3,6,9-10,15H,4-5,7-8,11-12H2,(H,23,24,25). The highest BCUT2D eigenvalue weighted by Crippen LogP contribution is 2.41. The van der Waals surface area contributed by atoms with Crippen molar-refractivity contribution in [2.75, 3.05) is 31.5 Å². The lowest BCUT2D eigenvalue weighted by molar-refractivity contribution is -0.0829. The van der Waals surface area contributed by atoms with Gasteiger partial charge < -0.3 is 4.74 Å². The Morgan fingerprint density at radius 2 is 2.00 bits per heavy atom. The third-order valence-electron chi connectivity index (χ3n) is 5.86. The van der Waals surface area contributed by atoms with Gasteiger partial charge in [0.1, 0.15) is 17.2 Å². The van der Waals surface area contributed by atoms with E-state index in [-0.39, 0.29) is 10.6 Å². The minimum absolute atomic E-state index is 0.103. The average molecular weight is 387 g/mol. The summed E-state index contributed by atoms with van der Waals surface area (Å²) in [4.78, 5) is 11.4. The molecule has 1 spiro atoms. The van der Waals surface area contributed by atoms with Crippen LogP contribution in [0.25, 0.3) is 11.1 Å². The molecule has 6 rings (SSSR count). The van der Waals surface area contributed by atoms with Crippen LogP contribution in [-0.4, -0.2) is 47.7 Å². The Kier molecular flexibility index (Phi) is 4.06. The SMILES string of the molecule is Fc1ccc(-c2ccnc(NC3=NCC4(CN5CCC4CC5)O3)c2)cc1Cl. The van der Waals surface area contributed by atoms with E-state index >= 15 is 0 Å². The van der Waals surface area contributed by atoms with Gasteiger partial charge in [-0.25, -0.2) is 14.4 Å². The molecule has 0 aliphatic carbocycles. The molecule has 4 aliphatic heterocycles. The number of aliphatic imine (C=N–C) groups is 1. The molecular formula is C20H20ClFN4O. The van der Waals surface area contributed by atoms with E-state index in [4.69, 9.17) is 16.3 Å². The molecule has 3 saturated heterocycles. The van der Waals surface area contributed by atoms with Gasteiger partial charge in [-0.05, 0) is 61.3 Å². The van der Waals surface area contributed by atoms with Crippen molar-refractivity contribution in [2.45, 2.75) is 18.4 Å². The van der Waals surface area contributed by atoms with Crippen LogP contribution in [0.3, 0.4) is 0 Å². The van der Waals surface area contributed by atoms with Crippen LogP contribution < -0.4 is 5.32 Å². The van der Waals surface area contributed by atoms with Crippen LogP contribution >= 0.6 is 11.6 Å². The van der Waals surface area contributed by atoms with Crippen LogP contribution in [0.1, 0.15) is 12.8 Å². The minimum Gasteiger partial charge on any atom is -0.455 e. The van der Waals surface area contributed by atoms with Crippen LogP contribution in [0, 0.1) is 11.7 Å². The maximum atomic E-state index is 13.4. The van der Waals surface area contributed by atoms with Crippen LogP contribution in [0.2, 0.25) is 5.02 Å². The second kappa shape index (κ2) is 6.46. The van der Waals surface area contributed by atoms with Gasteiger partial charge in [-0.3, -0.25) is 10.2 Å². The number of anilines is 1. The molecule has 1 aromatic heterocycles. The highest BCUT2D eigenvalue weighted by Gasteiger charge is 2.51. The van der Waals surface area contributed by atoms with Gasteiger partial charge in [0, 0.05) is 18.7 Å². The van der Waals surface area contributed by atoms with Crippen molar-refractivity contribution in [2.24, 2.45) is 10.9 Å². The van der Waals surface area contributed by atoms with Crippen molar-refractivity contribution in [3.05, 3.63) is 47.4 Å². The summed E-state index contributed by atoms with van der Waals surface area (Å²) in [6.45, 7) is 3.99. The highest BCUT2D eigenvalue weighted by molar-refractivity contribution is 6.31. The van der Waals surface area contributed by atoms with Gasteiger partial charge in [-0.2, -0.15) is 0 Å². The number of hydrogen-bond donors (Lipinski definition) is 1. The monoisotopic (exact) mass is 386 g/mol. The van der Waals surface area contributed by atoms with E-state index in [0.29, 0.717) is 24.3 Å². The second-order valence-corrected chi connectivity index (χ2v) is 7.93. The molecule has 5 heterocycles. The van der Waals surface area contributed by atoms with E-state index < -0.39 is 5.82 Å². The number of amidine groups is 1. The fourth-order valence-corrected chi connectivity index (χ4v) is 4.59. The Labute approximate surface area is 162 Å². The summed E-state index contributed by atoms with van der Waals surface area (Å²) < 4.78 is 19.7. The molecule has 1 atom stereocenters. The number of piperidine rings is 3. The fourth-order valence-electron chi connectivity index (χ4n) is 4.41. The van der Waals surface area contributed by atoms with E-state index in [9.17, 15) is 4.39 Å². The van der Waals surface area contributed by atoms with Crippen LogP contribution in [0.15, 0.2) is 41.5 Å². The van der Waals surface area contributed by atoms with E-state index in [1.54, 1.807) is 18.3 Å². The summed E-state index contributed by atoms with van der Waals surface area (Å²) in [6, 6.07) is 8.96. The molecule has 1 aromatic carbocycles. The number of halogens is 2. The number of pyridine rings is 1. The fraction of sp³-hybridized carbons (Fsp3) is 0.400. The molecule has 2 bridgehead atoms. The van der Waals surface area contributed by atoms with Gasteiger partial charge in [-0.1, -0.05) is 17.7 Å². The lowest BCUT2D eigenvalue weighted by Gasteiger charge is -2.50. The van der Waals surface area contributed by atoms with Gasteiger partial charge in [0.15, 0.2) is 0 Å². The predicted molar refractivity (Wildman–Crippen MR) is 104 cm³/mol. The number of nitrogens with zero attached hydrogens (tertiary/aromatic N) is 3. The third-order valence-corrected chi connectivity index (χ3v) is 6.15. The van der Waals surface area contributed by atoms with E-state index in [0.717, 1.165) is 17.7 Å². The molecular weight excluding hydrogens is 367 g/mol. The number of hydrogen-bond acceptors (Lipinski definition) is 5. The molecule has 1 unspecified atom stereocenters. The van der Waals surface area contributed by atoms with Crippen LogP contribution in [0.5, 0.6) is 0 Å². The first-order valence-corrected chi connectivity index (χ1v) is 9.63. The number of ether oxygens (including phenoxy) is 1. The number of rotatable bonds is 2. The summed E-state index contributed by atoms with van der Waals surface area (Å²) in [5, 5.41) is 3.30. The zero-order chi connectivity index (χ0) is 18.4. The van der Waals surface area contributed by atoms with Gasteiger partial charge in [0.2, 0.25) is 0 Å². The van der Waals surface area contributed by atoms with E-state index in [1.807, 2.05) is 12.1 Å². The topological polar surface area (TPSA) is 49.8 Å². The molecule has 7 heteroatoms. The van der Waals surface area contributed by atoms with Crippen molar-refractivity contribution in [3.63, 3.8) is 0 Å². The molecule has 1 N–H and O–H groups in total. The first kappa shape index (κ1) is 17.0. The first-order valence-electron chi connectivity index (χ1n) is 9.26. The summed E-state index contributed by atoms with van der Waals surface area (Å²) >= 11 is 5.91. The Morgan fingerprint density at radius 3 is 2.74 bits per heavy atom. The molecule has 5 nitrogen and oxygen atoms in total. The predicted octanol–water partition coefficient (Wildman–Crippen LogP) is 3.80. The zero-order valence-corrected chi connectivity index (χ0v) is 15.5. The number of aromatic nitrogens is 1. The van der Waals surface area contributed by atoms with Crippen LogP contribution in [0.4, 0.5) is 10.2 Å². The maximum Gasteiger partial charge on any atom is 0.291 e. The smallest absolute Gasteiger partial charge is 0.291 e. The summed E-state index contributed by atoms with van der Waals surface area (Å²) in [5.41, 5.74) is 1.54. The van der Waals surface area contributed by atoms with E-state index in [1.165, 1.54) is 32.0 Å². The molecule has 4 aliphatic rings. The lowest BCUT2D eigenvalue weighted by Crippen LogP contribution is -2.61. The lowest BCUT2D eigenvalue weighted by atomic mass is 9.75. The van der Waals surface area contributed by atoms with Gasteiger partial charge in [0.25, 0.3) is 6.02 Å². The second-order valence-electron chi connectivity index (χ2n) is 7.52. The molecule has 27 heavy (non-hydrogen) atoms. The number of benzene rings is 1. The minimum atomic E-state index is -0.427. The van der Waals surface area contributed by atoms with Gasteiger partial charge >= 0.3 is 0 Å². The molecule has 0 radical (unpaired) electrons. The maximum absolute atomic E-state index is 13.4. The Morgan fingerprint density at radius 1 is 1.19 bits per heavy atom. The van der Waals surface area contributed by atoms with Crippen molar-refractivity contribution in [1.82, 2.24) is 9.88 Å². The van der Waals surface area contributed by atoms with Crippen molar-refractivity contribution < 1.29 is 9.13 Å². The third kappa shape index (κ3) is 3.07. The molecule has 2 aromatic rings. The Balaban J connectivity index is 1.33. The summed E-state index contributed by atoms with van der Waals surface area (Å²) in [6.07, 6.45) is 4.07. The van der Waals surface area contributed by atoms with Crippen molar-refractivity contribution >= 4 is 23.4 Å². The normalized spacial score (nSPS) is 28.9.